The Balaban J connectivity index is 1.20. The Kier molecular flexibility index (Phi) is 4.50. The highest BCUT2D eigenvalue weighted by Gasteiger charge is 2.53. The lowest BCUT2D eigenvalue weighted by atomic mass is 9.48. The molecule has 0 aromatic heterocycles. The van der Waals surface area contributed by atoms with E-state index < -0.39 is 0 Å². The van der Waals surface area contributed by atoms with E-state index >= 15 is 0 Å². The molecule has 2 aliphatic heterocycles. The quantitative estimate of drug-likeness (QED) is 0.344. The number of imide groups is 1. The molecule has 37 heavy (non-hydrogen) atoms. The van der Waals surface area contributed by atoms with Gasteiger partial charge in [0.05, 0.1) is 10.6 Å². The minimum atomic E-state index is -0.344. The summed E-state index contributed by atoms with van der Waals surface area (Å²) in [6.45, 7) is 3.98. The van der Waals surface area contributed by atoms with Gasteiger partial charge in [-0.15, -0.1) is 0 Å². The molecule has 3 aromatic rings. The average Bonchev–Trinajstić information content (AvgIpc) is 3.45. The lowest BCUT2D eigenvalue weighted by molar-refractivity contribution is -0.113. The molecule has 1 saturated heterocycles. The zero-order valence-corrected chi connectivity index (χ0v) is 21.3. The van der Waals surface area contributed by atoms with Crippen molar-refractivity contribution < 1.29 is 19.1 Å². The van der Waals surface area contributed by atoms with Gasteiger partial charge in [-0.05, 0) is 126 Å². The molecule has 5 fully saturated rings. The zero-order chi connectivity index (χ0) is 24.9. The number of thioether (sulfide) groups is 1. The Morgan fingerprint density at radius 1 is 0.838 bits per heavy atom. The first kappa shape index (κ1) is 21.8. The van der Waals surface area contributed by atoms with Gasteiger partial charge in [-0.25, -0.2) is 4.90 Å². The Hall–Kier alpha value is -3.25. The first-order chi connectivity index (χ1) is 18.0. The molecule has 4 bridgehead atoms. The molecule has 186 valence electrons. The van der Waals surface area contributed by atoms with Crippen LogP contribution in [-0.2, 0) is 10.2 Å². The third kappa shape index (κ3) is 3.24. The van der Waals surface area contributed by atoms with Crippen LogP contribution in [0.5, 0.6) is 11.5 Å². The molecule has 0 unspecified atom stereocenters. The maximum absolute atomic E-state index is 12.4. The van der Waals surface area contributed by atoms with E-state index in [1.807, 2.05) is 18.2 Å². The fraction of sp³-hybridized carbons (Fsp3) is 0.355. The molecule has 0 atom stereocenters. The van der Waals surface area contributed by atoms with Crippen LogP contribution in [0.3, 0.4) is 0 Å². The Morgan fingerprint density at radius 3 is 2.24 bits per heavy atom. The van der Waals surface area contributed by atoms with Crippen LogP contribution < -0.4 is 14.4 Å². The van der Waals surface area contributed by atoms with Gasteiger partial charge in [-0.3, -0.25) is 9.59 Å². The minimum Gasteiger partial charge on any atom is -0.454 e. The summed E-state index contributed by atoms with van der Waals surface area (Å²) in [4.78, 5) is 26.2. The lowest BCUT2D eigenvalue weighted by Gasteiger charge is -2.57. The van der Waals surface area contributed by atoms with E-state index in [4.69, 9.17) is 9.47 Å². The molecule has 4 saturated carbocycles. The molecule has 9 rings (SSSR count). The summed E-state index contributed by atoms with van der Waals surface area (Å²) in [5.74, 6) is 4.05. The molecule has 2 amide bonds. The average molecular weight is 510 g/mol. The number of amides is 2. The largest absolute Gasteiger partial charge is 0.454 e. The number of benzene rings is 3. The second kappa shape index (κ2) is 7.64. The van der Waals surface area contributed by atoms with Crippen LogP contribution in [0.15, 0.2) is 60.0 Å². The van der Waals surface area contributed by atoms with Crippen LogP contribution in [0.4, 0.5) is 10.5 Å². The van der Waals surface area contributed by atoms with Gasteiger partial charge in [0.25, 0.3) is 11.1 Å². The Bertz CT molecular complexity index is 1510. The smallest absolute Gasteiger partial charge is 0.298 e. The van der Waals surface area contributed by atoms with Crippen molar-refractivity contribution in [2.24, 2.45) is 17.8 Å². The van der Waals surface area contributed by atoms with Crippen LogP contribution in [0.25, 0.3) is 21.9 Å². The van der Waals surface area contributed by atoms with Crippen LogP contribution in [-0.4, -0.2) is 17.9 Å². The van der Waals surface area contributed by atoms with Gasteiger partial charge in [0.15, 0.2) is 11.5 Å². The lowest BCUT2D eigenvalue weighted by Crippen LogP contribution is -2.48. The van der Waals surface area contributed by atoms with E-state index in [1.54, 1.807) is 0 Å². The number of rotatable bonds is 3. The van der Waals surface area contributed by atoms with Crippen LogP contribution in [0, 0.1) is 17.8 Å². The summed E-state index contributed by atoms with van der Waals surface area (Å²) >= 11 is 0.889. The number of hydrogen-bond donors (Lipinski definition) is 0. The van der Waals surface area contributed by atoms with Crippen molar-refractivity contribution in [3.63, 3.8) is 0 Å². The number of fused-ring (bicyclic) bond motifs is 2. The number of ether oxygens (including phenoxy) is 2. The highest BCUT2D eigenvalue weighted by Crippen LogP contribution is 2.63. The Morgan fingerprint density at radius 2 is 1.54 bits per heavy atom. The predicted octanol–water partition coefficient (Wildman–Crippen LogP) is 7.42. The summed E-state index contributed by atoms with van der Waals surface area (Å²) < 4.78 is 12.0. The van der Waals surface area contributed by atoms with Crippen molar-refractivity contribution in [1.29, 1.82) is 0 Å². The van der Waals surface area contributed by atoms with Crippen molar-refractivity contribution in [2.45, 2.75) is 43.9 Å². The van der Waals surface area contributed by atoms with E-state index in [9.17, 15) is 9.59 Å². The van der Waals surface area contributed by atoms with Crippen molar-refractivity contribution in [2.75, 3.05) is 11.7 Å². The number of anilines is 1. The molecule has 0 spiro atoms. The van der Waals surface area contributed by atoms with E-state index in [0.717, 1.165) is 62.9 Å². The summed E-state index contributed by atoms with van der Waals surface area (Å²) in [6.07, 6.45) is 8.05. The molecular weight excluding hydrogens is 482 g/mol. The number of nitrogens with zero attached hydrogens (tertiary/aromatic N) is 1. The maximum Gasteiger partial charge on any atom is 0.298 e. The third-order valence-corrected chi connectivity index (χ3v) is 10.1. The molecule has 5 nitrogen and oxygen atoms in total. The van der Waals surface area contributed by atoms with Crippen molar-refractivity contribution >= 4 is 39.4 Å². The molecule has 0 N–H and O–H groups in total. The summed E-state index contributed by atoms with van der Waals surface area (Å²) in [5.41, 5.74) is 4.43. The summed E-state index contributed by atoms with van der Waals surface area (Å²) in [6, 6.07) is 16.6. The van der Waals surface area contributed by atoms with E-state index in [2.05, 4.69) is 36.9 Å². The fourth-order valence-electron chi connectivity index (χ4n) is 8.19. The molecular formula is C31H27NO4S. The van der Waals surface area contributed by atoms with Crippen molar-refractivity contribution in [3.8, 4) is 22.6 Å². The van der Waals surface area contributed by atoms with Gasteiger partial charge in [0.2, 0.25) is 6.79 Å². The monoisotopic (exact) mass is 509 g/mol. The minimum absolute atomic E-state index is 0.213. The molecule has 2 heterocycles. The van der Waals surface area contributed by atoms with E-state index in [0.29, 0.717) is 5.69 Å². The van der Waals surface area contributed by atoms with Gasteiger partial charge in [0, 0.05) is 5.56 Å². The third-order valence-electron chi connectivity index (χ3n) is 9.33. The summed E-state index contributed by atoms with van der Waals surface area (Å²) in [7, 11) is 0. The van der Waals surface area contributed by atoms with Gasteiger partial charge in [0.1, 0.15) is 0 Å². The van der Waals surface area contributed by atoms with Crippen molar-refractivity contribution in [1.82, 2.24) is 0 Å². The van der Waals surface area contributed by atoms with E-state index in [1.165, 1.54) is 49.0 Å². The van der Waals surface area contributed by atoms with Gasteiger partial charge in [-0.1, -0.05) is 24.8 Å². The van der Waals surface area contributed by atoms with Gasteiger partial charge in [-0.2, -0.15) is 0 Å². The second-order valence-electron chi connectivity index (χ2n) is 11.6. The number of hydrogen-bond acceptors (Lipinski definition) is 5. The summed E-state index contributed by atoms with van der Waals surface area (Å²) in [5, 5.41) is 1.73. The predicted molar refractivity (Wildman–Crippen MR) is 145 cm³/mol. The molecule has 0 radical (unpaired) electrons. The van der Waals surface area contributed by atoms with Crippen LogP contribution in [0.1, 0.15) is 44.1 Å². The van der Waals surface area contributed by atoms with Gasteiger partial charge < -0.3 is 9.47 Å². The van der Waals surface area contributed by atoms with Crippen LogP contribution in [0.2, 0.25) is 0 Å². The first-order valence-electron chi connectivity index (χ1n) is 13.2. The molecule has 6 heteroatoms. The molecule has 6 aliphatic rings. The maximum atomic E-state index is 12.4. The normalized spacial score (nSPS) is 29.7. The van der Waals surface area contributed by atoms with Crippen LogP contribution >= 0.6 is 11.8 Å². The number of carbonyl (C=O) groups excluding carboxylic acids is 2. The second-order valence-corrected chi connectivity index (χ2v) is 12.7. The highest BCUT2D eigenvalue weighted by molar-refractivity contribution is 8.18. The SMILES string of the molecule is C=C1SC(=O)N(c2ccc3cc(-c4cc5c(c(C67CC8CC(CC(C8)C6)C7)c4)OCO5)ccc3c2)C1=O. The highest BCUT2D eigenvalue weighted by atomic mass is 32.2. The van der Waals surface area contributed by atoms with Gasteiger partial charge >= 0.3 is 0 Å². The molecule has 3 aromatic carbocycles. The Labute approximate surface area is 219 Å². The first-order valence-corrected chi connectivity index (χ1v) is 14.0. The van der Waals surface area contributed by atoms with Crippen molar-refractivity contribution in [3.05, 3.63) is 65.6 Å². The standard InChI is InChI=1S/C31H27NO4S/c1-17-29(33)32(30(34)37-17)25-5-4-21-9-22(2-3-23(21)10-25)24-11-26(28-27(12-24)35-16-36-28)31-13-18-6-19(14-31)8-20(7-18)15-31/h2-5,9-12,18-20H,1,6-8,13-16H2. The molecule has 4 aliphatic carbocycles. The topological polar surface area (TPSA) is 55.8 Å². The fourth-order valence-corrected chi connectivity index (χ4v) is 8.86. The zero-order valence-electron chi connectivity index (χ0n) is 20.5. The van der Waals surface area contributed by atoms with E-state index in [-0.39, 0.29) is 28.3 Å². The number of carbonyl (C=O) groups is 2.